The molecule has 3 aromatic carbocycles. The van der Waals surface area contributed by atoms with Gasteiger partial charge in [-0.3, -0.25) is 9.59 Å². The molecule has 1 aromatic heterocycles. The van der Waals surface area contributed by atoms with Crippen LogP contribution >= 0.6 is 0 Å². The van der Waals surface area contributed by atoms with Gasteiger partial charge in [0, 0.05) is 17.7 Å². The van der Waals surface area contributed by atoms with E-state index in [9.17, 15) is 14.4 Å². The number of aromatic amines is 1. The van der Waals surface area contributed by atoms with Crippen LogP contribution in [0, 0.1) is 13.8 Å². The first-order chi connectivity index (χ1) is 20.7. The maximum absolute atomic E-state index is 13.4. The van der Waals surface area contributed by atoms with E-state index >= 15 is 0 Å². The highest BCUT2D eigenvalue weighted by Crippen LogP contribution is 2.37. The predicted molar refractivity (Wildman–Crippen MR) is 173 cm³/mol. The molecule has 11 heteroatoms. The zero-order valence-corrected chi connectivity index (χ0v) is 27.4. The van der Waals surface area contributed by atoms with Gasteiger partial charge in [0.25, 0.3) is 11.8 Å². The van der Waals surface area contributed by atoms with Gasteiger partial charge >= 0.3 is 5.97 Å². The van der Waals surface area contributed by atoms with Crippen LogP contribution in [0.25, 0.3) is 17.1 Å². The summed E-state index contributed by atoms with van der Waals surface area (Å²) in [5.74, 6) is -0.671. The smallest absolute Gasteiger partial charge is 0.354 e. The maximum atomic E-state index is 13.4. The standard InChI is InChI=1S/C33H39N5O5Si/c1-20-14-24(30(39)34-19-23-10-9-11-25(16-23)43-44(7,8)33(3,4)5)15-21(2)29(20)31(40)35-28(32(41)42-6)18-22-12-13-26-27(17-22)37-38-36-26/h9-18H,19H2,1-8H3,(H,34,39)(H,35,40)(H,36,37,38). The third-order valence-corrected chi connectivity index (χ3v) is 12.2. The average Bonchev–Trinajstić information content (AvgIpc) is 3.42. The molecule has 4 rings (SSSR count). The first kappa shape index (κ1) is 32.1. The number of fused-ring (bicyclic) bond motifs is 1. The van der Waals surface area contributed by atoms with Crippen molar-refractivity contribution in [3.63, 3.8) is 0 Å². The number of nitrogens with zero attached hydrogens (tertiary/aromatic N) is 2. The number of H-pyrrole nitrogens is 1. The molecule has 2 amide bonds. The molecule has 0 saturated carbocycles. The summed E-state index contributed by atoms with van der Waals surface area (Å²) in [6.07, 6.45) is 1.51. The van der Waals surface area contributed by atoms with Crippen molar-refractivity contribution >= 4 is 43.2 Å². The topological polar surface area (TPSA) is 135 Å². The molecule has 0 radical (unpaired) electrons. The Labute approximate surface area is 258 Å². The second-order valence-corrected chi connectivity index (χ2v) is 17.0. The Hall–Kier alpha value is -4.77. The van der Waals surface area contributed by atoms with E-state index < -0.39 is 20.2 Å². The molecule has 1 heterocycles. The molecular weight excluding hydrogens is 574 g/mol. The molecule has 4 aromatic rings. The summed E-state index contributed by atoms with van der Waals surface area (Å²) >= 11 is 0. The number of amides is 2. The molecule has 0 atom stereocenters. The Bertz CT molecular complexity index is 1730. The molecule has 0 spiro atoms. The number of ether oxygens (including phenoxy) is 1. The van der Waals surface area contributed by atoms with E-state index in [0.717, 1.165) is 11.3 Å². The van der Waals surface area contributed by atoms with Crippen molar-refractivity contribution in [1.29, 1.82) is 0 Å². The summed E-state index contributed by atoms with van der Waals surface area (Å²) in [6.45, 7) is 14.8. The van der Waals surface area contributed by atoms with Gasteiger partial charge in [-0.2, -0.15) is 15.4 Å². The molecule has 44 heavy (non-hydrogen) atoms. The highest BCUT2D eigenvalue weighted by Gasteiger charge is 2.39. The number of hydrogen-bond donors (Lipinski definition) is 3. The van der Waals surface area contributed by atoms with Gasteiger partial charge in [0.1, 0.15) is 22.5 Å². The van der Waals surface area contributed by atoms with Crippen molar-refractivity contribution in [3.05, 3.63) is 93.7 Å². The minimum Gasteiger partial charge on any atom is -0.543 e. The van der Waals surface area contributed by atoms with Gasteiger partial charge in [-0.05, 0) is 96.7 Å². The third kappa shape index (κ3) is 7.40. The van der Waals surface area contributed by atoms with E-state index in [-0.39, 0.29) is 16.6 Å². The Morgan fingerprint density at radius 1 is 0.932 bits per heavy atom. The summed E-state index contributed by atoms with van der Waals surface area (Å²) in [7, 11) is -0.754. The van der Waals surface area contributed by atoms with E-state index in [1.165, 1.54) is 13.2 Å². The van der Waals surface area contributed by atoms with Crippen molar-refractivity contribution in [2.45, 2.75) is 59.3 Å². The van der Waals surface area contributed by atoms with Crippen molar-refractivity contribution in [2.24, 2.45) is 0 Å². The Kier molecular flexibility index (Phi) is 9.38. The minimum absolute atomic E-state index is 0.0410. The van der Waals surface area contributed by atoms with Gasteiger partial charge in [-0.25, -0.2) is 4.79 Å². The molecule has 3 N–H and O–H groups in total. The predicted octanol–water partition coefficient (Wildman–Crippen LogP) is 5.83. The SMILES string of the molecule is COC(=O)C(=Cc1ccc2n[nH]nc2c1)NC(=O)c1c(C)cc(C(=O)NCc2cccc(O[Si](C)(C)C(C)(C)C)c2)cc1C. The van der Waals surface area contributed by atoms with E-state index in [1.54, 1.807) is 44.2 Å². The summed E-state index contributed by atoms with van der Waals surface area (Å²) in [4.78, 5) is 39.0. The number of nitrogens with one attached hydrogen (secondary N) is 3. The summed E-state index contributed by atoms with van der Waals surface area (Å²) < 4.78 is 11.3. The van der Waals surface area contributed by atoms with E-state index in [1.807, 2.05) is 24.3 Å². The summed E-state index contributed by atoms with van der Waals surface area (Å²) in [5.41, 5.74) is 4.76. The van der Waals surface area contributed by atoms with Crippen LogP contribution in [0.4, 0.5) is 0 Å². The number of carbonyl (C=O) groups is 3. The highest BCUT2D eigenvalue weighted by atomic mass is 28.4. The van der Waals surface area contributed by atoms with Crippen molar-refractivity contribution in [3.8, 4) is 5.75 Å². The molecule has 230 valence electrons. The highest BCUT2D eigenvalue weighted by molar-refractivity contribution is 6.74. The summed E-state index contributed by atoms with van der Waals surface area (Å²) in [6, 6.07) is 16.3. The molecule has 0 bridgehead atoms. The lowest BCUT2D eigenvalue weighted by Crippen LogP contribution is -2.43. The first-order valence-electron chi connectivity index (χ1n) is 14.3. The number of hydrogen-bond acceptors (Lipinski definition) is 7. The zero-order chi connectivity index (χ0) is 32.2. The van der Waals surface area contributed by atoms with Crippen LogP contribution in [0.5, 0.6) is 5.75 Å². The second-order valence-electron chi connectivity index (χ2n) is 12.3. The molecule has 0 unspecified atom stereocenters. The van der Waals surface area contributed by atoms with Crippen LogP contribution in [0.1, 0.15) is 63.7 Å². The van der Waals surface area contributed by atoms with Crippen LogP contribution in [0.3, 0.4) is 0 Å². The molecule has 0 saturated heterocycles. The number of aromatic nitrogens is 3. The zero-order valence-electron chi connectivity index (χ0n) is 26.4. The quantitative estimate of drug-likeness (QED) is 0.123. The molecule has 0 aliphatic heterocycles. The number of aryl methyl sites for hydroxylation is 2. The van der Waals surface area contributed by atoms with E-state index in [2.05, 4.69) is 59.9 Å². The van der Waals surface area contributed by atoms with Crippen molar-refractivity contribution in [2.75, 3.05) is 7.11 Å². The summed E-state index contributed by atoms with van der Waals surface area (Å²) in [5, 5.41) is 16.3. The van der Waals surface area contributed by atoms with Gasteiger partial charge in [-0.15, -0.1) is 0 Å². The number of rotatable bonds is 9. The molecular formula is C33H39N5O5Si. The maximum Gasteiger partial charge on any atom is 0.354 e. The van der Waals surface area contributed by atoms with Crippen LogP contribution in [-0.4, -0.2) is 48.6 Å². The fourth-order valence-electron chi connectivity index (χ4n) is 4.46. The van der Waals surface area contributed by atoms with Crippen LogP contribution in [-0.2, 0) is 16.1 Å². The normalized spacial score (nSPS) is 12.1. The van der Waals surface area contributed by atoms with Gasteiger partial charge in [0.05, 0.1) is 7.11 Å². The minimum atomic E-state index is -1.99. The lowest BCUT2D eigenvalue weighted by molar-refractivity contribution is -0.136. The largest absolute Gasteiger partial charge is 0.543 e. The van der Waals surface area contributed by atoms with Crippen LogP contribution in [0.15, 0.2) is 60.3 Å². The van der Waals surface area contributed by atoms with Gasteiger partial charge in [0.2, 0.25) is 8.32 Å². The van der Waals surface area contributed by atoms with Crippen molar-refractivity contribution in [1.82, 2.24) is 26.0 Å². The molecule has 0 aliphatic rings. The van der Waals surface area contributed by atoms with Gasteiger partial charge in [0.15, 0.2) is 0 Å². The molecule has 10 nitrogen and oxygen atoms in total. The van der Waals surface area contributed by atoms with E-state index in [4.69, 9.17) is 9.16 Å². The lowest BCUT2D eigenvalue weighted by atomic mass is 9.98. The number of carbonyl (C=O) groups excluding carboxylic acids is 3. The fraction of sp³-hybridized carbons (Fsp3) is 0.303. The first-order valence-corrected chi connectivity index (χ1v) is 17.2. The Morgan fingerprint density at radius 3 is 2.27 bits per heavy atom. The monoisotopic (exact) mass is 613 g/mol. The second kappa shape index (κ2) is 12.8. The van der Waals surface area contributed by atoms with Crippen LogP contribution in [0.2, 0.25) is 18.1 Å². The number of methoxy groups -OCH3 is 1. The van der Waals surface area contributed by atoms with Crippen LogP contribution < -0.4 is 15.1 Å². The molecule has 0 aliphatic carbocycles. The third-order valence-electron chi connectivity index (χ3n) is 7.86. The lowest BCUT2D eigenvalue weighted by Gasteiger charge is -2.36. The van der Waals surface area contributed by atoms with Crippen molar-refractivity contribution < 1.29 is 23.5 Å². The number of benzene rings is 3. The molecule has 0 fully saturated rings. The fourth-order valence-corrected chi connectivity index (χ4v) is 5.48. The van der Waals surface area contributed by atoms with E-state index in [0.29, 0.717) is 45.4 Å². The van der Waals surface area contributed by atoms with Gasteiger partial charge < -0.3 is 19.8 Å². The average molecular weight is 614 g/mol. The Morgan fingerprint density at radius 2 is 1.61 bits per heavy atom. The van der Waals surface area contributed by atoms with Gasteiger partial charge in [-0.1, -0.05) is 39.0 Å². The number of esters is 1. The Balaban J connectivity index is 1.47.